The molecule has 0 heterocycles. The number of carbonyl (C=O) groups is 1. The molecule has 0 bridgehead atoms. The van der Waals surface area contributed by atoms with E-state index in [0.29, 0.717) is 6.29 Å². The first-order chi connectivity index (χ1) is 4.00. The maximum absolute atomic E-state index is 10.0. The largest absolute Gasteiger partial charge is 0.303 e. The molecular formula is C4H6BrNO3. The maximum Gasteiger partial charge on any atom is 0.278 e. The van der Waals surface area contributed by atoms with Gasteiger partial charge in [0.05, 0.1) is 6.42 Å². The third kappa shape index (κ3) is 2.55. The smallest absolute Gasteiger partial charge is 0.278 e. The van der Waals surface area contributed by atoms with Gasteiger partial charge in [-0.15, -0.1) is 0 Å². The van der Waals surface area contributed by atoms with Crippen molar-refractivity contribution in [2.24, 2.45) is 0 Å². The molecule has 0 N–H and O–H groups in total. The van der Waals surface area contributed by atoms with E-state index in [2.05, 4.69) is 15.9 Å². The molecule has 0 saturated heterocycles. The molecule has 0 aliphatic rings. The number of carbonyl (C=O) groups excluding carboxylic acids is 1. The number of halogens is 1. The molecule has 0 aliphatic heterocycles. The Labute approximate surface area is 60.5 Å². The van der Waals surface area contributed by atoms with Gasteiger partial charge in [-0.3, -0.25) is 10.1 Å². The Hall–Kier alpha value is -0.450. The van der Waals surface area contributed by atoms with E-state index in [-0.39, 0.29) is 6.42 Å². The van der Waals surface area contributed by atoms with Crippen LogP contribution < -0.4 is 0 Å². The minimum atomic E-state index is -1.28. The Bertz CT molecular complexity index is 134. The van der Waals surface area contributed by atoms with E-state index >= 15 is 0 Å². The number of nitrogens with zero attached hydrogens (tertiary/aromatic N) is 1. The second-order valence-corrected chi connectivity index (χ2v) is 3.48. The van der Waals surface area contributed by atoms with Crippen molar-refractivity contribution in [2.45, 2.75) is 17.8 Å². The average Bonchev–Trinajstić information content (AvgIpc) is 1.65. The predicted molar refractivity (Wildman–Crippen MR) is 35.0 cm³/mol. The van der Waals surface area contributed by atoms with Crippen LogP contribution in [0, 0.1) is 10.1 Å². The van der Waals surface area contributed by atoms with Gasteiger partial charge < -0.3 is 4.79 Å². The second kappa shape index (κ2) is 2.91. The molecule has 0 aromatic heterocycles. The molecule has 0 rings (SSSR count). The zero-order valence-corrected chi connectivity index (χ0v) is 6.42. The van der Waals surface area contributed by atoms with Crippen LogP contribution >= 0.6 is 15.9 Å². The summed E-state index contributed by atoms with van der Waals surface area (Å²) in [6.07, 6.45) is 0.400. The van der Waals surface area contributed by atoms with E-state index in [1.807, 2.05) is 0 Å². The zero-order chi connectivity index (χ0) is 7.49. The number of rotatable bonds is 3. The predicted octanol–water partition coefficient (Wildman–Crippen LogP) is 0.963. The van der Waals surface area contributed by atoms with E-state index < -0.39 is 9.37 Å². The lowest BCUT2D eigenvalue weighted by Gasteiger charge is -2.07. The molecule has 0 aromatic carbocycles. The van der Waals surface area contributed by atoms with Gasteiger partial charge >= 0.3 is 0 Å². The minimum Gasteiger partial charge on any atom is -0.303 e. The topological polar surface area (TPSA) is 60.2 Å². The standard InChI is InChI=1S/C4H6BrNO3/c1-4(5,2-3-7)6(8)9/h3H,2H2,1H3. The molecule has 5 heteroatoms. The number of nitro groups is 1. The van der Waals surface area contributed by atoms with Gasteiger partial charge in [-0.1, -0.05) is 0 Å². The van der Waals surface area contributed by atoms with E-state index in [9.17, 15) is 14.9 Å². The lowest BCUT2D eigenvalue weighted by Crippen LogP contribution is -2.27. The highest BCUT2D eigenvalue weighted by Gasteiger charge is 2.32. The van der Waals surface area contributed by atoms with Gasteiger partial charge in [-0.05, 0) is 0 Å². The Morgan fingerprint density at radius 2 is 2.33 bits per heavy atom. The van der Waals surface area contributed by atoms with Gasteiger partial charge in [0.25, 0.3) is 4.45 Å². The molecule has 0 radical (unpaired) electrons. The molecule has 4 nitrogen and oxygen atoms in total. The van der Waals surface area contributed by atoms with Crippen molar-refractivity contribution in [2.75, 3.05) is 0 Å². The van der Waals surface area contributed by atoms with Gasteiger partial charge in [0.15, 0.2) is 0 Å². The van der Waals surface area contributed by atoms with Gasteiger partial charge in [-0.25, -0.2) is 0 Å². The number of hydrogen-bond acceptors (Lipinski definition) is 3. The summed E-state index contributed by atoms with van der Waals surface area (Å²) in [7, 11) is 0. The quantitative estimate of drug-likeness (QED) is 0.222. The number of hydrogen-bond donors (Lipinski definition) is 0. The van der Waals surface area contributed by atoms with E-state index in [1.165, 1.54) is 6.92 Å². The van der Waals surface area contributed by atoms with Crippen LogP contribution in [0.15, 0.2) is 0 Å². The molecule has 0 amide bonds. The Morgan fingerprint density at radius 1 is 1.89 bits per heavy atom. The first-order valence-electron chi connectivity index (χ1n) is 2.28. The monoisotopic (exact) mass is 195 g/mol. The third-order valence-electron chi connectivity index (χ3n) is 0.837. The summed E-state index contributed by atoms with van der Waals surface area (Å²) in [4.78, 5) is 19.3. The fourth-order valence-corrected chi connectivity index (χ4v) is 0.359. The Balaban J connectivity index is 4.00. The summed E-state index contributed by atoms with van der Waals surface area (Å²) in [6, 6.07) is 0. The lowest BCUT2D eigenvalue weighted by atomic mass is 10.3. The van der Waals surface area contributed by atoms with Gasteiger partial charge in [0.1, 0.15) is 6.29 Å². The normalized spacial score (nSPS) is 16.2. The molecule has 52 valence electrons. The van der Waals surface area contributed by atoms with E-state index in [1.54, 1.807) is 0 Å². The van der Waals surface area contributed by atoms with Crippen molar-refractivity contribution >= 4 is 22.2 Å². The van der Waals surface area contributed by atoms with Crippen LogP contribution in [0.5, 0.6) is 0 Å². The third-order valence-corrected chi connectivity index (χ3v) is 1.45. The fraction of sp³-hybridized carbons (Fsp3) is 0.750. The zero-order valence-electron chi connectivity index (χ0n) is 4.83. The van der Waals surface area contributed by atoms with E-state index in [4.69, 9.17) is 0 Å². The molecular weight excluding hydrogens is 190 g/mol. The summed E-state index contributed by atoms with van der Waals surface area (Å²) in [5.74, 6) is 0. The second-order valence-electron chi connectivity index (χ2n) is 1.77. The minimum absolute atomic E-state index is 0.111. The van der Waals surface area contributed by atoms with Crippen molar-refractivity contribution in [1.29, 1.82) is 0 Å². The van der Waals surface area contributed by atoms with E-state index in [0.717, 1.165) is 0 Å². The van der Waals surface area contributed by atoms with Crippen LogP contribution in [0.4, 0.5) is 0 Å². The molecule has 1 unspecified atom stereocenters. The van der Waals surface area contributed by atoms with Crippen LogP contribution in [0.2, 0.25) is 0 Å². The summed E-state index contributed by atoms with van der Waals surface area (Å²) in [6.45, 7) is 1.33. The highest BCUT2D eigenvalue weighted by atomic mass is 79.9. The molecule has 0 spiro atoms. The van der Waals surface area contributed by atoms with Crippen LogP contribution in [-0.2, 0) is 4.79 Å². The highest BCUT2D eigenvalue weighted by molar-refractivity contribution is 9.10. The summed E-state index contributed by atoms with van der Waals surface area (Å²) in [5.41, 5.74) is 0. The summed E-state index contributed by atoms with van der Waals surface area (Å²) >= 11 is 2.78. The van der Waals surface area contributed by atoms with Crippen LogP contribution in [0.1, 0.15) is 13.3 Å². The number of alkyl halides is 1. The Kier molecular flexibility index (Phi) is 2.76. The lowest BCUT2D eigenvalue weighted by molar-refractivity contribution is -0.529. The Morgan fingerprint density at radius 3 is 2.44 bits per heavy atom. The molecule has 1 atom stereocenters. The van der Waals surface area contributed by atoms with Crippen molar-refractivity contribution in [1.82, 2.24) is 0 Å². The first kappa shape index (κ1) is 8.55. The van der Waals surface area contributed by atoms with Gasteiger partial charge in [0, 0.05) is 27.8 Å². The first-order valence-corrected chi connectivity index (χ1v) is 3.07. The summed E-state index contributed by atoms with van der Waals surface area (Å²) < 4.78 is -1.28. The van der Waals surface area contributed by atoms with Crippen molar-refractivity contribution in [3.8, 4) is 0 Å². The molecule has 0 aliphatic carbocycles. The molecule has 0 aromatic rings. The molecule has 0 saturated carbocycles. The fourth-order valence-electron chi connectivity index (χ4n) is 0.227. The maximum atomic E-state index is 10.0. The van der Waals surface area contributed by atoms with Crippen LogP contribution in [-0.4, -0.2) is 15.7 Å². The van der Waals surface area contributed by atoms with Crippen molar-refractivity contribution in [3.63, 3.8) is 0 Å². The van der Waals surface area contributed by atoms with Crippen molar-refractivity contribution < 1.29 is 9.72 Å². The van der Waals surface area contributed by atoms with Crippen LogP contribution in [0.3, 0.4) is 0 Å². The average molecular weight is 196 g/mol. The van der Waals surface area contributed by atoms with Gasteiger partial charge in [-0.2, -0.15) is 0 Å². The van der Waals surface area contributed by atoms with Crippen molar-refractivity contribution in [3.05, 3.63) is 10.1 Å². The summed E-state index contributed by atoms with van der Waals surface area (Å²) in [5, 5.41) is 10.0. The SMILES string of the molecule is CC(Br)(CC=O)[N+](=O)[O-]. The molecule has 0 fully saturated rings. The van der Waals surface area contributed by atoms with Gasteiger partial charge in [0.2, 0.25) is 0 Å². The van der Waals surface area contributed by atoms with Crippen LogP contribution in [0.25, 0.3) is 0 Å². The number of aldehydes is 1. The molecule has 9 heavy (non-hydrogen) atoms. The highest BCUT2D eigenvalue weighted by Crippen LogP contribution is 2.20.